The maximum atomic E-state index is 12.7. The van der Waals surface area contributed by atoms with Crippen LogP contribution in [0.4, 0.5) is 5.69 Å². The summed E-state index contributed by atoms with van der Waals surface area (Å²) in [5.41, 5.74) is 1.80. The summed E-state index contributed by atoms with van der Waals surface area (Å²) in [6.45, 7) is 5.91. The number of nitrogens with zero attached hydrogens (tertiary/aromatic N) is 4. The molecule has 5 nitrogen and oxygen atoms in total. The summed E-state index contributed by atoms with van der Waals surface area (Å²) in [6.07, 6.45) is 2.66. The number of benzene rings is 1. The highest BCUT2D eigenvalue weighted by Gasteiger charge is 2.24. The van der Waals surface area contributed by atoms with Crippen molar-refractivity contribution in [2.45, 2.75) is 19.9 Å². The SMILES string of the molecule is CCCn1nccc1C(=O)N1CCN(c2cccc(Cl)c2)CC1. The van der Waals surface area contributed by atoms with Gasteiger partial charge in [-0.2, -0.15) is 5.10 Å². The van der Waals surface area contributed by atoms with E-state index in [4.69, 9.17) is 11.6 Å². The maximum Gasteiger partial charge on any atom is 0.272 e. The first-order chi connectivity index (χ1) is 11.2. The number of halogens is 1. The molecule has 1 aromatic carbocycles. The summed E-state index contributed by atoms with van der Waals surface area (Å²) in [5, 5.41) is 4.98. The Morgan fingerprint density at radius 1 is 1.22 bits per heavy atom. The van der Waals surface area contributed by atoms with E-state index in [-0.39, 0.29) is 5.91 Å². The molecule has 2 heterocycles. The molecule has 2 aromatic rings. The summed E-state index contributed by atoms with van der Waals surface area (Å²) in [6, 6.07) is 9.66. The Hall–Kier alpha value is -2.01. The van der Waals surface area contributed by atoms with Gasteiger partial charge in [0.25, 0.3) is 5.91 Å². The van der Waals surface area contributed by atoms with Crippen molar-refractivity contribution in [3.8, 4) is 0 Å². The number of hydrogen-bond acceptors (Lipinski definition) is 3. The van der Waals surface area contributed by atoms with Crippen molar-refractivity contribution < 1.29 is 4.79 Å². The van der Waals surface area contributed by atoms with Crippen molar-refractivity contribution >= 4 is 23.2 Å². The summed E-state index contributed by atoms with van der Waals surface area (Å²) < 4.78 is 1.80. The fourth-order valence-corrected chi connectivity index (χ4v) is 3.09. The van der Waals surface area contributed by atoms with E-state index in [1.165, 1.54) is 0 Å². The van der Waals surface area contributed by atoms with Crippen LogP contribution in [0.2, 0.25) is 5.02 Å². The fraction of sp³-hybridized carbons (Fsp3) is 0.412. The number of hydrogen-bond donors (Lipinski definition) is 0. The summed E-state index contributed by atoms with van der Waals surface area (Å²) in [5.74, 6) is 0.0710. The standard InChI is InChI=1S/C17H21ClN4O/c1-2-8-22-16(6-7-19-22)17(23)21-11-9-20(10-12-21)15-5-3-4-14(18)13-15/h3-7,13H,2,8-12H2,1H3. The van der Waals surface area contributed by atoms with Gasteiger partial charge in [0.05, 0.1) is 0 Å². The van der Waals surface area contributed by atoms with E-state index in [1.807, 2.05) is 23.1 Å². The zero-order chi connectivity index (χ0) is 16.2. The summed E-state index contributed by atoms with van der Waals surface area (Å²) in [7, 11) is 0. The second kappa shape index (κ2) is 7.04. The van der Waals surface area contributed by atoms with E-state index in [0.29, 0.717) is 18.8 Å². The fourth-order valence-electron chi connectivity index (χ4n) is 2.91. The van der Waals surface area contributed by atoms with Crippen LogP contribution in [0.1, 0.15) is 23.8 Å². The number of anilines is 1. The molecular formula is C17H21ClN4O. The lowest BCUT2D eigenvalue weighted by Gasteiger charge is -2.36. The van der Waals surface area contributed by atoms with Crippen LogP contribution in [-0.4, -0.2) is 46.8 Å². The molecule has 1 aliphatic rings. The van der Waals surface area contributed by atoms with E-state index in [1.54, 1.807) is 16.9 Å². The van der Waals surface area contributed by atoms with Crippen molar-refractivity contribution in [3.05, 3.63) is 47.2 Å². The monoisotopic (exact) mass is 332 g/mol. The Morgan fingerprint density at radius 3 is 2.70 bits per heavy atom. The molecule has 0 saturated carbocycles. The molecule has 6 heteroatoms. The zero-order valence-electron chi connectivity index (χ0n) is 13.3. The van der Waals surface area contributed by atoms with Gasteiger partial charge in [-0.05, 0) is 30.7 Å². The second-order valence-electron chi connectivity index (χ2n) is 5.70. The van der Waals surface area contributed by atoms with Gasteiger partial charge in [0.2, 0.25) is 0 Å². The number of amides is 1. The minimum absolute atomic E-state index is 0.0710. The van der Waals surface area contributed by atoms with Crippen LogP contribution in [-0.2, 0) is 6.54 Å². The lowest BCUT2D eigenvalue weighted by Crippen LogP contribution is -2.49. The number of rotatable bonds is 4. The topological polar surface area (TPSA) is 41.4 Å². The minimum Gasteiger partial charge on any atom is -0.368 e. The van der Waals surface area contributed by atoms with Gasteiger partial charge in [0, 0.05) is 49.6 Å². The number of carbonyl (C=O) groups is 1. The first-order valence-corrected chi connectivity index (χ1v) is 8.38. The second-order valence-corrected chi connectivity index (χ2v) is 6.14. The lowest BCUT2D eigenvalue weighted by molar-refractivity contribution is 0.0734. The van der Waals surface area contributed by atoms with Gasteiger partial charge < -0.3 is 9.80 Å². The van der Waals surface area contributed by atoms with Crippen molar-refractivity contribution in [1.82, 2.24) is 14.7 Å². The highest BCUT2D eigenvalue weighted by Crippen LogP contribution is 2.21. The molecule has 1 amide bonds. The molecule has 122 valence electrons. The Bertz CT molecular complexity index is 677. The molecule has 0 bridgehead atoms. The Labute approximate surface area is 141 Å². The van der Waals surface area contributed by atoms with Crippen LogP contribution >= 0.6 is 11.6 Å². The van der Waals surface area contributed by atoms with Crippen LogP contribution in [0.3, 0.4) is 0 Å². The highest BCUT2D eigenvalue weighted by atomic mass is 35.5. The van der Waals surface area contributed by atoms with E-state index in [9.17, 15) is 4.79 Å². The normalized spacial score (nSPS) is 15.0. The lowest BCUT2D eigenvalue weighted by atomic mass is 10.2. The van der Waals surface area contributed by atoms with Gasteiger partial charge in [-0.25, -0.2) is 0 Å². The first-order valence-electron chi connectivity index (χ1n) is 8.00. The number of carbonyl (C=O) groups excluding carboxylic acids is 1. The summed E-state index contributed by atoms with van der Waals surface area (Å²) >= 11 is 6.06. The largest absolute Gasteiger partial charge is 0.368 e. The molecule has 0 aliphatic carbocycles. The van der Waals surface area contributed by atoms with E-state index < -0.39 is 0 Å². The molecule has 23 heavy (non-hydrogen) atoms. The minimum atomic E-state index is 0.0710. The number of aromatic nitrogens is 2. The number of aryl methyl sites for hydroxylation is 1. The third-order valence-corrected chi connectivity index (χ3v) is 4.35. The molecule has 1 fully saturated rings. The molecule has 1 saturated heterocycles. The first kappa shape index (κ1) is 15.9. The molecular weight excluding hydrogens is 312 g/mol. The zero-order valence-corrected chi connectivity index (χ0v) is 14.0. The molecule has 0 radical (unpaired) electrons. The average molecular weight is 333 g/mol. The van der Waals surface area contributed by atoms with Crippen LogP contribution in [0, 0.1) is 0 Å². The third-order valence-electron chi connectivity index (χ3n) is 4.11. The van der Waals surface area contributed by atoms with Gasteiger partial charge in [0.15, 0.2) is 0 Å². The van der Waals surface area contributed by atoms with Crippen LogP contribution in [0.5, 0.6) is 0 Å². The third kappa shape index (κ3) is 3.50. The van der Waals surface area contributed by atoms with Crippen molar-refractivity contribution in [2.24, 2.45) is 0 Å². The predicted octanol–water partition coefficient (Wildman–Crippen LogP) is 2.91. The van der Waals surface area contributed by atoms with Crippen LogP contribution < -0.4 is 4.90 Å². The molecule has 0 atom stereocenters. The Balaban J connectivity index is 1.64. The molecule has 1 aromatic heterocycles. The predicted molar refractivity (Wildman–Crippen MR) is 92.1 cm³/mol. The summed E-state index contributed by atoms with van der Waals surface area (Å²) in [4.78, 5) is 16.8. The smallest absolute Gasteiger partial charge is 0.272 e. The highest BCUT2D eigenvalue weighted by molar-refractivity contribution is 6.30. The van der Waals surface area contributed by atoms with Gasteiger partial charge in [-0.15, -0.1) is 0 Å². The van der Waals surface area contributed by atoms with Crippen LogP contribution in [0.25, 0.3) is 0 Å². The maximum absolute atomic E-state index is 12.7. The van der Waals surface area contributed by atoms with Gasteiger partial charge in [-0.3, -0.25) is 9.48 Å². The van der Waals surface area contributed by atoms with Crippen LogP contribution in [0.15, 0.2) is 36.5 Å². The Kier molecular flexibility index (Phi) is 4.86. The average Bonchev–Trinajstić information content (AvgIpc) is 3.03. The van der Waals surface area contributed by atoms with Crippen molar-refractivity contribution in [1.29, 1.82) is 0 Å². The van der Waals surface area contributed by atoms with Crippen molar-refractivity contribution in [2.75, 3.05) is 31.1 Å². The molecule has 0 spiro atoms. The van der Waals surface area contributed by atoms with Gasteiger partial charge >= 0.3 is 0 Å². The number of piperazine rings is 1. The van der Waals surface area contributed by atoms with Crippen molar-refractivity contribution in [3.63, 3.8) is 0 Å². The van der Waals surface area contributed by atoms with E-state index in [0.717, 1.165) is 36.8 Å². The van der Waals surface area contributed by atoms with E-state index >= 15 is 0 Å². The molecule has 3 rings (SSSR count). The molecule has 1 aliphatic heterocycles. The molecule has 0 N–H and O–H groups in total. The Morgan fingerprint density at radius 2 is 2.00 bits per heavy atom. The van der Waals surface area contributed by atoms with Gasteiger partial charge in [-0.1, -0.05) is 24.6 Å². The molecule has 0 unspecified atom stereocenters. The van der Waals surface area contributed by atoms with E-state index in [2.05, 4.69) is 23.0 Å². The van der Waals surface area contributed by atoms with Gasteiger partial charge in [0.1, 0.15) is 5.69 Å². The quantitative estimate of drug-likeness (QED) is 0.864.